The molecule has 2 atom stereocenters. The molecule has 8 heteroatoms. The maximum Gasteiger partial charge on any atom is 0.255 e. The monoisotopic (exact) mass is 389 g/mol. The summed E-state index contributed by atoms with van der Waals surface area (Å²) in [5, 5.41) is 3.33. The van der Waals surface area contributed by atoms with Crippen molar-refractivity contribution in [3.05, 3.63) is 59.5 Å². The van der Waals surface area contributed by atoms with Gasteiger partial charge in [0.15, 0.2) is 9.84 Å². The topological polar surface area (TPSA) is 79.4 Å². The molecule has 0 unspecified atom stereocenters. The number of sulfone groups is 1. The number of benzene rings is 1. The van der Waals surface area contributed by atoms with Crippen molar-refractivity contribution < 1.29 is 17.6 Å². The predicted molar refractivity (Wildman–Crippen MR) is 100.0 cm³/mol. The lowest BCUT2D eigenvalue weighted by Gasteiger charge is -2.26. The van der Waals surface area contributed by atoms with Crippen LogP contribution in [-0.4, -0.2) is 54.8 Å². The molecule has 0 radical (unpaired) electrons. The minimum absolute atomic E-state index is 0.0122. The summed E-state index contributed by atoms with van der Waals surface area (Å²) in [5.74, 6) is 0.611. The van der Waals surface area contributed by atoms with Crippen LogP contribution in [0.1, 0.15) is 28.3 Å². The standard InChI is InChI=1S/C19H20FN3O3S/c20-15-4-1-13(2-5-15)16-11-17(16)22-18-6-3-14(12-21-18)19(24)23-7-9-27(25,26)10-8-23/h1-6,12,16-17H,7-11H2,(H,21,22)/t16-,17+/m0/s1. The number of pyridine rings is 1. The number of hydrogen-bond acceptors (Lipinski definition) is 5. The molecular formula is C19H20FN3O3S. The number of nitrogens with one attached hydrogen (secondary N) is 1. The molecule has 2 fully saturated rings. The molecule has 2 aromatic rings. The number of halogens is 1. The van der Waals surface area contributed by atoms with Crippen LogP contribution in [0.3, 0.4) is 0 Å². The summed E-state index contributed by atoms with van der Waals surface area (Å²) in [4.78, 5) is 18.3. The summed E-state index contributed by atoms with van der Waals surface area (Å²) in [6.07, 6.45) is 2.47. The van der Waals surface area contributed by atoms with Gasteiger partial charge in [-0.15, -0.1) is 0 Å². The highest BCUT2D eigenvalue weighted by molar-refractivity contribution is 7.91. The van der Waals surface area contributed by atoms with Crippen molar-refractivity contribution in [2.24, 2.45) is 0 Å². The van der Waals surface area contributed by atoms with Crippen LogP contribution < -0.4 is 5.32 Å². The highest BCUT2D eigenvalue weighted by Crippen LogP contribution is 2.42. The number of aromatic nitrogens is 1. The van der Waals surface area contributed by atoms with Crippen molar-refractivity contribution in [3.8, 4) is 0 Å². The molecule has 1 aliphatic carbocycles. The number of carbonyl (C=O) groups excluding carboxylic acids is 1. The molecule has 0 spiro atoms. The van der Waals surface area contributed by atoms with Crippen LogP contribution in [0.5, 0.6) is 0 Å². The van der Waals surface area contributed by atoms with Gasteiger partial charge in [-0.25, -0.2) is 17.8 Å². The van der Waals surface area contributed by atoms with Gasteiger partial charge in [0.05, 0.1) is 17.1 Å². The van der Waals surface area contributed by atoms with E-state index in [-0.39, 0.29) is 42.4 Å². The number of rotatable bonds is 4. The zero-order chi connectivity index (χ0) is 19.0. The third-order valence-electron chi connectivity index (χ3n) is 5.06. The summed E-state index contributed by atoms with van der Waals surface area (Å²) >= 11 is 0. The zero-order valence-electron chi connectivity index (χ0n) is 14.6. The molecule has 2 heterocycles. The minimum atomic E-state index is -3.02. The molecule has 1 N–H and O–H groups in total. The first-order valence-corrected chi connectivity index (χ1v) is 10.7. The Balaban J connectivity index is 1.34. The van der Waals surface area contributed by atoms with Crippen molar-refractivity contribution in [1.29, 1.82) is 0 Å². The zero-order valence-corrected chi connectivity index (χ0v) is 15.5. The third-order valence-corrected chi connectivity index (χ3v) is 6.67. The van der Waals surface area contributed by atoms with Gasteiger partial charge in [0.1, 0.15) is 11.6 Å². The molecule has 1 aromatic carbocycles. The van der Waals surface area contributed by atoms with Gasteiger partial charge < -0.3 is 10.2 Å². The van der Waals surface area contributed by atoms with Crippen LogP contribution in [0.15, 0.2) is 42.6 Å². The number of amides is 1. The van der Waals surface area contributed by atoms with Gasteiger partial charge in [-0.05, 0) is 36.2 Å². The average molecular weight is 389 g/mol. The molecule has 6 nitrogen and oxygen atoms in total. The lowest BCUT2D eigenvalue weighted by Crippen LogP contribution is -2.43. The minimum Gasteiger partial charge on any atom is -0.367 e. The van der Waals surface area contributed by atoms with Crippen molar-refractivity contribution in [1.82, 2.24) is 9.88 Å². The lowest BCUT2D eigenvalue weighted by atomic mass is 10.1. The van der Waals surface area contributed by atoms with Crippen LogP contribution >= 0.6 is 0 Å². The first-order valence-electron chi connectivity index (χ1n) is 8.89. The largest absolute Gasteiger partial charge is 0.367 e. The Morgan fingerprint density at radius 2 is 1.81 bits per heavy atom. The normalized spacial score (nSPS) is 23.7. The molecular weight excluding hydrogens is 369 g/mol. The predicted octanol–water partition coefficient (Wildman–Crippen LogP) is 2.06. The van der Waals surface area contributed by atoms with E-state index in [1.54, 1.807) is 29.2 Å². The van der Waals surface area contributed by atoms with E-state index in [1.807, 2.05) is 0 Å². The van der Waals surface area contributed by atoms with Crippen molar-refractivity contribution in [3.63, 3.8) is 0 Å². The Hall–Kier alpha value is -2.48. The molecule has 0 bridgehead atoms. The van der Waals surface area contributed by atoms with E-state index in [9.17, 15) is 17.6 Å². The summed E-state index contributed by atoms with van der Waals surface area (Å²) in [6, 6.07) is 10.2. The molecule has 1 aliphatic heterocycles. The maximum atomic E-state index is 13.0. The van der Waals surface area contributed by atoms with Gasteiger partial charge >= 0.3 is 0 Å². The molecule has 1 amide bonds. The first-order chi connectivity index (χ1) is 12.9. The van der Waals surface area contributed by atoms with Crippen LogP contribution in [0.2, 0.25) is 0 Å². The summed E-state index contributed by atoms with van der Waals surface area (Å²) < 4.78 is 36.0. The Morgan fingerprint density at radius 1 is 1.11 bits per heavy atom. The second kappa shape index (κ2) is 6.92. The number of carbonyl (C=O) groups is 1. The van der Waals surface area contributed by atoms with Crippen molar-refractivity contribution >= 4 is 21.6 Å². The summed E-state index contributed by atoms with van der Waals surface area (Å²) in [7, 11) is -3.02. The Bertz CT molecular complexity index is 931. The van der Waals surface area contributed by atoms with Crippen LogP contribution in [0.4, 0.5) is 10.2 Å². The highest BCUT2D eigenvalue weighted by Gasteiger charge is 2.38. The van der Waals surface area contributed by atoms with E-state index < -0.39 is 9.84 Å². The maximum absolute atomic E-state index is 13.0. The van der Waals surface area contributed by atoms with Crippen LogP contribution in [0, 0.1) is 5.82 Å². The van der Waals surface area contributed by atoms with E-state index in [4.69, 9.17) is 0 Å². The Labute approximate surface area is 157 Å². The number of hydrogen-bond donors (Lipinski definition) is 1. The Kier molecular flexibility index (Phi) is 4.59. The quantitative estimate of drug-likeness (QED) is 0.866. The molecule has 2 aliphatic rings. The molecule has 4 rings (SSSR count). The average Bonchev–Trinajstić information content (AvgIpc) is 3.41. The summed E-state index contributed by atoms with van der Waals surface area (Å²) in [6.45, 7) is 0.450. The summed E-state index contributed by atoms with van der Waals surface area (Å²) in [5.41, 5.74) is 1.55. The second-order valence-corrected chi connectivity index (χ2v) is 9.32. The fourth-order valence-electron chi connectivity index (χ4n) is 3.33. The first kappa shape index (κ1) is 17.9. The van der Waals surface area contributed by atoms with Crippen LogP contribution in [0.25, 0.3) is 0 Å². The van der Waals surface area contributed by atoms with E-state index in [2.05, 4.69) is 10.3 Å². The van der Waals surface area contributed by atoms with Gasteiger partial charge in [-0.1, -0.05) is 12.1 Å². The van der Waals surface area contributed by atoms with Gasteiger partial charge in [0.25, 0.3) is 5.91 Å². The van der Waals surface area contributed by atoms with E-state index >= 15 is 0 Å². The van der Waals surface area contributed by atoms with E-state index in [1.165, 1.54) is 18.3 Å². The van der Waals surface area contributed by atoms with Crippen molar-refractivity contribution in [2.45, 2.75) is 18.4 Å². The fraction of sp³-hybridized carbons (Fsp3) is 0.368. The Morgan fingerprint density at radius 3 is 2.44 bits per heavy atom. The fourth-order valence-corrected chi connectivity index (χ4v) is 4.53. The lowest BCUT2D eigenvalue weighted by molar-refractivity contribution is 0.0770. The SMILES string of the molecule is O=C(c1ccc(N[C@@H]2C[C@H]2c2ccc(F)cc2)nc1)N1CCS(=O)(=O)CC1. The molecule has 1 saturated heterocycles. The third kappa shape index (κ3) is 4.10. The van der Waals surface area contributed by atoms with E-state index in [0.29, 0.717) is 17.3 Å². The van der Waals surface area contributed by atoms with Gasteiger partial charge in [-0.3, -0.25) is 4.79 Å². The molecule has 1 aromatic heterocycles. The number of nitrogens with zero attached hydrogens (tertiary/aromatic N) is 2. The molecule has 1 saturated carbocycles. The second-order valence-electron chi connectivity index (χ2n) is 7.02. The smallest absolute Gasteiger partial charge is 0.255 e. The van der Waals surface area contributed by atoms with Gasteiger partial charge in [0, 0.05) is 31.2 Å². The highest BCUT2D eigenvalue weighted by atomic mass is 32.2. The van der Waals surface area contributed by atoms with E-state index in [0.717, 1.165) is 12.0 Å². The van der Waals surface area contributed by atoms with Gasteiger partial charge in [-0.2, -0.15) is 0 Å². The van der Waals surface area contributed by atoms with Gasteiger partial charge in [0.2, 0.25) is 0 Å². The molecule has 142 valence electrons. The van der Waals surface area contributed by atoms with Crippen molar-refractivity contribution in [2.75, 3.05) is 29.9 Å². The number of anilines is 1. The molecule has 27 heavy (non-hydrogen) atoms. The van der Waals surface area contributed by atoms with Crippen LogP contribution in [-0.2, 0) is 9.84 Å².